The largest absolute Gasteiger partial charge is 0.490 e. The molecule has 0 saturated carbocycles. The Hall–Kier alpha value is -4.03. The Kier molecular flexibility index (Phi) is 7.05. The summed E-state index contributed by atoms with van der Waals surface area (Å²) >= 11 is 1.13. The molecule has 0 amide bonds. The standard InChI is InChI=1S/C30H22F2O3S/c1-33-28-27(34-23-14-6-3-7-15-23)25(31)26(32)30(36-19-20-10-4-2-5-11-20)29(28)35-24-17-16-21-12-8-9-13-22(21)18-24/h2-18H,19H2,1H3. The van der Waals surface area contributed by atoms with E-state index in [4.69, 9.17) is 14.2 Å². The zero-order valence-corrected chi connectivity index (χ0v) is 20.2. The molecule has 5 aromatic carbocycles. The second-order valence-electron chi connectivity index (χ2n) is 7.95. The Bertz CT molecular complexity index is 1490. The minimum atomic E-state index is -1.14. The van der Waals surface area contributed by atoms with Gasteiger partial charge in [-0.05, 0) is 40.6 Å². The Labute approximate surface area is 212 Å². The number of methoxy groups -OCH3 is 1. The summed E-state index contributed by atoms with van der Waals surface area (Å²) in [5.41, 5.74) is 0.961. The van der Waals surface area contributed by atoms with E-state index in [9.17, 15) is 0 Å². The lowest BCUT2D eigenvalue weighted by atomic mass is 10.1. The highest BCUT2D eigenvalue weighted by Crippen LogP contribution is 2.51. The van der Waals surface area contributed by atoms with E-state index in [1.165, 1.54) is 7.11 Å². The number of benzene rings is 5. The van der Waals surface area contributed by atoms with Gasteiger partial charge in [0.15, 0.2) is 11.6 Å². The van der Waals surface area contributed by atoms with Gasteiger partial charge in [-0.1, -0.05) is 78.9 Å². The van der Waals surface area contributed by atoms with Gasteiger partial charge in [-0.2, -0.15) is 4.39 Å². The molecule has 0 aromatic heterocycles. The summed E-state index contributed by atoms with van der Waals surface area (Å²) in [7, 11) is 1.38. The van der Waals surface area contributed by atoms with E-state index in [-0.39, 0.29) is 22.1 Å². The molecule has 0 N–H and O–H groups in total. The second-order valence-corrected chi connectivity index (χ2v) is 8.93. The Morgan fingerprint density at radius 1 is 0.611 bits per heavy atom. The van der Waals surface area contributed by atoms with E-state index in [1.807, 2.05) is 66.7 Å². The van der Waals surface area contributed by atoms with Crippen molar-refractivity contribution in [1.82, 2.24) is 0 Å². The molecule has 0 unspecified atom stereocenters. The maximum absolute atomic E-state index is 15.6. The van der Waals surface area contributed by atoms with Gasteiger partial charge in [-0.25, -0.2) is 4.39 Å². The van der Waals surface area contributed by atoms with Gasteiger partial charge in [-0.3, -0.25) is 0 Å². The summed E-state index contributed by atoms with van der Waals surface area (Å²) in [5, 5.41) is 1.99. The quantitative estimate of drug-likeness (QED) is 0.199. The van der Waals surface area contributed by atoms with Gasteiger partial charge in [0, 0.05) is 5.75 Å². The van der Waals surface area contributed by atoms with Gasteiger partial charge < -0.3 is 14.2 Å². The van der Waals surface area contributed by atoms with E-state index >= 15 is 8.78 Å². The summed E-state index contributed by atoms with van der Waals surface area (Å²) in [6.07, 6.45) is 0. The van der Waals surface area contributed by atoms with Gasteiger partial charge in [0.2, 0.25) is 17.3 Å². The first-order valence-corrected chi connectivity index (χ1v) is 12.3. The molecule has 0 fully saturated rings. The molecule has 5 aromatic rings. The van der Waals surface area contributed by atoms with Crippen molar-refractivity contribution < 1.29 is 23.0 Å². The van der Waals surface area contributed by atoms with E-state index in [1.54, 1.807) is 36.4 Å². The molecule has 3 nitrogen and oxygen atoms in total. The van der Waals surface area contributed by atoms with Gasteiger partial charge >= 0.3 is 0 Å². The average molecular weight is 501 g/mol. The first-order valence-electron chi connectivity index (χ1n) is 11.3. The molecule has 0 bridgehead atoms. The molecular weight excluding hydrogens is 478 g/mol. The fraction of sp³-hybridized carbons (Fsp3) is 0.0667. The SMILES string of the molecule is COc1c(Oc2ccccc2)c(F)c(F)c(SCc2ccccc2)c1Oc1ccc2ccccc2c1. The maximum Gasteiger partial charge on any atom is 0.211 e. The van der Waals surface area contributed by atoms with Gasteiger partial charge in [0.1, 0.15) is 11.5 Å². The molecule has 36 heavy (non-hydrogen) atoms. The molecule has 0 heterocycles. The van der Waals surface area contributed by atoms with Crippen LogP contribution in [0.25, 0.3) is 10.8 Å². The van der Waals surface area contributed by atoms with Crippen molar-refractivity contribution in [2.45, 2.75) is 10.6 Å². The topological polar surface area (TPSA) is 27.7 Å². The molecule has 0 aliphatic heterocycles. The number of para-hydroxylation sites is 1. The second kappa shape index (κ2) is 10.7. The molecule has 0 aliphatic rings. The van der Waals surface area contributed by atoms with Crippen LogP contribution in [0, 0.1) is 11.6 Å². The van der Waals surface area contributed by atoms with E-state index in [0.717, 1.165) is 28.1 Å². The van der Waals surface area contributed by atoms with E-state index in [0.29, 0.717) is 17.3 Å². The van der Waals surface area contributed by atoms with Crippen molar-refractivity contribution in [2.75, 3.05) is 7.11 Å². The summed E-state index contributed by atoms with van der Waals surface area (Å²) in [4.78, 5) is 0.00164. The first-order chi connectivity index (χ1) is 17.6. The van der Waals surface area contributed by atoms with Crippen LogP contribution in [0.4, 0.5) is 8.78 Å². The van der Waals surface area contributed by atoms with Crippen LogP contribution < -0.4 is 14.2 Å². The Balaban J connectivity index is 1.61. The fourth-order valence-electron chi connectivity index (χ4n) is 3.79. The Morgan fingerprint density at radius 2 is 1.25 bits per heavy atom. The third-order valence-electron chi connectivity index (χ3n) is 5.54. The zero-order valence-electron chi connectivity index (χ0n) is 19.4. The first kappa shape index (κ1) is 23.7. The maximum atomic E-state index is 15.6. The van der Waals surface area contributed by atoms with Crippen molar-refractivity contribution in [2.24, 2.45) is 0 Å². The number of hydrogen-bond acceptors (Lipinski definition) is 4. The third kappa shape index (κ3) is 4.99. The fourth-order valence-corrected chi connectivity index (χ4v) is 4.77. The summed E-state index contributed by atoms with van der Waals surface area (Å²) in [5.74, 6) is -1.33. The van der Waals surface area contributed by atoms with Crippen LogP contribution in [0.3, 0.4) is 0 Å². The highest BCUT2D eigenvalue weighted by molar-refractivity contribution is 7.98. The normalized spacial score (nSPS) is 10.9. The minimum absolute atomic E-state index is 0.00164. The highest BCUT2D eigenvalue weighted by Gasteiger charge is 2.29. The predicted molar refractivity (Wildman–Crippen MR) is 139 cm³/mol. The van der Waals surface area contributed by atoms with Crippen LogP contribution in [0.1, 0.15) is 5.56 Å². The van der Waals surface area contributed by atoms with Crippen LogP contribution in [-0.2, 0) is 5.75 Å². The molecular formula is C30H22F2O3S. The number of thioether (sulfide) groups is 1. The molecule has 0 radical (unpaired) electrons. The third-order valence-corrected chi connectivity index (χ3v) is 6.68. The van der Waals surface area contributed by atoms with Crippen molar-refractivity contribution in [1.29, 1.82) is 0 Å². The summed E-state index contributed by atoms with van der Waals surface area (Å²) in [6, 6.07) is 31.5. The summed E-state index contributed by atoms with van der Waals surface area (Å²) < 4.78 is 48.5. The number of ether oxygens (including phenoxy) is 3. The van der Waals surface area contributed by atoms with Crippen molar-refractivity contribution >= 4 is 22.5 Å². The lowest BCUT2D eigenvalue weighted by Gasteiger charge is -2.20. The minimum Gasteiger partial charge on any atom is -0.490 e. The molecule has 0 spiro atoms. The molecule has 6 heteroatoms. The van der Waals surface area contributed by atoms with Crippen LogP contribution in [0.5, 0.6) is 28.7 Å². The molecule has 0 aliphatic carbocycles. The highest BCUT2D eigenvalue weighted by atomic mass is 32.2. The predicted octanol–water partition coefficient (Wildman–Crippen LogP) is 9.00. The van der Waals surface area contributed by atoms with Crippen LogP contribution in [0.15, 0.2) is 108 Å². The van der Waals surface area contributed by atoms with Gasteiger partial charge in [0.25, 0.3) is 0 Å². The molecule has 0 atom stereocenters. The lowest BCUT2D eigenvalue weighted by molar-refractivity contribution is 0.324. The Morgan fingerprint density at radius 3 is 1.97 bits per heavy atom. The van der Waals surface area contributed by atoms with Crippen molar-refractivity contribution in [3.05, 3.63) is 120 Å². The molecule has 5 rings (SSSR count). The number of halogens is 2. The molecule has 180 valence electrons. The van der Waals surface area contributed by atoms with E-state index in [2.05, 4.69) is 0 Å². The van der Waals surface area contributed by atoms with Crippen molar-refractivity contribution in [3.8, 4) is 28.7 Å². The van der Waals surface area contributed by atoms with Gasteiger partial charge in [0.05, 0.1) is 12.0 Å². The summed E-state index contributed by atoms with van der Waals surface area (Å²) in [6.45, 7) is 0. The van der Waals surface area contributed by atoms with Crippen LogP contribution >= 0.6 is 11.8 Å². The number of fused-ring (bicyclic) bond motifs is 1. The zero-order chi connectivity index (χ0) is 24.9. The molecule has 0 saturated heterocycles. The smallest absolute Gasteiger partial charge is 0.211 e. The van der Waals surface area contributed by atoms with Crippen LogP contribution in [0.2, 0.25) is 0 Å². The van der Waals surface area contributed by atoms with E-state index < -0.39 is 11.6 Å². The number of hydrogen-bond donors (Lipinski definition) is 0. The monoisotopic (exact) mass is 500 g/mol. The lowest BCUT2D eigenvalue weighted by Crippen LogP contribution is -2.03. The average Bonchev–Trinajstić information content (AvgIpc) is 2.92. The van der Waals surface area contributed by atoms with Gasteiger partial charge in [-0.15, -0.1) is 11.8 Å². The number of rotatable bonds is 8. The van der Waals surface area contributed by atoms with Crippen molar-refractivity contribution in [3.63, 3.8) is 0 Å². The van der Waals surface area contributed by atoms with Crippen LogP contribution in [-0.4, -0.2) is 7.11 Å².